The molecular formula is C23H23N7O2. The minimum absolute atomic E-state index is 0.0894. The molecule has 9 heteroatoms. The summed E-state index contributed by atoms with van der Waals surface area (Å²) in [6.07, 6.45) is 0. The van der Waals surface area contributed by atoms with Gasteiger partial charge in [-0.2, -0.15) is 14.9 Å². The van der Waals surface area contributed by atoms with E-state index in [4.69, 9.17) is 4.52 Å². The van der Waals surface area contributed by atoms with Crippen LogP contribution in [0.1, 0.15) is 22.1 Å². The summed E-state index contributed by atoms with van der Waals surface area (Å²) in [7, 11) is 0. The SMILES string of the molecule is Cc1nn(-c2ccccc2)nc1C(=O)N1CCN(Cc2nc(-c3ccccc3)no2)CC1. The Balaban J connectivity index is 1.20. The van der Waals surface area contributed by atoms with E-state index >= 15 is 0 Å². The van der Waals surface area contributed by atoms with Crippen LogP contribution in [-0.4, -0.2) is 67.0 Å². The van der Waals surface area contributed by atoms with Gasteiger partial charge in [-0.05, 0) is 19.1 Å². The van der Waals surface area contributed by atoms with Crippen LogP contribution in [0.15, 0.2) is 65.2 Å². The van der Waals surface area contributed by atoms with Crippen molar-refractivity contribution in [2.24, 2.45) is 0 Å². The Hall–Kier alpha value is -3.85. The van der Waals surface area contributed by atoms with Gasteiger partial charge in [0.25, 0.3) is 5.91 Å². The Labute approximate surface area is 185 Å². The molecule has 32 heavy (non-hydrogen) atoms. The summed E-state index contributed by atoms with van der Waals surface area (Å²) in [5, 5.41) is 12.9. The number of aryl methyl sites for hydroxylation is 1. The van der Waals surface area contributed by atoms with E-state index in [1.54, 1.807) is 0 Å². The van der Waals surface area contributed by atoms with Crippen LogP contribution in [-0.2, 0) is 6.54 Å². The van der Waals surface area contributed by atoms with Crippen LogP contribution in [0, 0.1) is 6.92 Å². The van der Waals surface area contributed by atoms with Gasteiger partial charge in [0.1, 0.15) is 0 Å². The predicted molar refractivity (Wildman–Crippen MR) is 117 cm³/mol. The summed E-state index contributed by atoms with van der Waals surface area (Å²) in [5.74, 6) is 1.07. The molecule has 0 bridgehead atoms. The highest BCUT2D eigenvalue weighted by Gasteiger charge is 2.27. The first-order chi connectivity index (χ1) is 15.7. The first-order valence-electron chi connectivity index (χ1n) is 10.6. The highest BCUT2D eigenvalue weighted by molar-refractivity contribution is 5.93. The lowest BCUT2D eigenvalue weighted by atomic mass is 10.2. The lowest BCUT2D eigenvalue weighted by Crippen LogP contribution is -2.48. The highest BCUT2D eigenvalue weighted by atomic mass is 16.5. The molecule has 0 aliphatic carbocycles. The zero-order valence-electron chi connectivity index (χ0n) is 17.8. The Bertz CT molecular complexity index is 1200. The maximum atomic E-state index is 13.0. The van der Waals surface area contributed by atoms with E-state index in [1.807, 2.05) is 72.5 Å². The first kappa shape index (κ1) is 20.1. The zero-order chi connectivity index (χ0) is 21.9. The summed E-state index contributed by atoms with van der Waals surface area (Å²) in [6, 6.07) is 19.3. The van der Waals surface area contributed by atoms with Crippen LogP contribution in [0.4, 0.5) is 0 Å². The van der Waals surface area contributed by atoms with Gasteiger partial charge in [0.05, 0.1) is 17.9 Å². The van der Waals surface area contributed by atoms with Crippen molar-refractivity contribution in [1.29, 1.82) is 0 Å². The van der Waals surface area contributed by atoms with E-state index < -0.39 is 0 Å². The number of nitrogens with zero attached hydrogens (tertiary/aromatic N) is 7. The Morgan fingerprint density at radius 3 is 2.34 bits per heavy atom. The van der Waals surface area contributed by atoms with Crippen LogP contribution < -0.4 is 0 Å². The van der Waals surface area contributed by atoms with Crippen molar-refractivity contribution in [2.45, 2.75) is 13.5 Å². The van der Waals surface area contributed by atoms with Crippen LogP contribution in [0.5, 0.6) is 0 Å². The van der Waals surface area contributed by atoms with E-state index in [0.717, 1.165) is 24.3 Å². The molecule has 4 aromatic rings. The molecule has 0 radical (unpaired) electrons. The highest BCUT2D eigenvalue weighted by Crippen LogP contribution is 2.17. The van der Waals surface area contributed by atoms with Crippen LogP contribution in [0.3, 0.4) is 0 Å². The van der Waals surface area contributed by atoms with Crippen LogP contribution in [0.25, 0.3) is 17.1 Å². The molecule has 0 spiro atoms. The van der Waals surface area contributed by atoms with Gasteiger partial charge in [-0.3, -0.25) is 9.69 Å². The number of aromatic nitrogens is 5. The van der Waals surface area contributed by atoms with Gasteiger partial charge in [0.2, 0.25) is 11.7 Å². The normalized spacial score (nSPS) is 14.6. The van der Waals surface area contributed by atoms with Crippen molar-refractivity contribution in [3.8, 4) is 17.1 Å². The molecule has 162 valence electrons. The van der Waals surface area contributed by atoms with Crippen molar-refractivity contribution in [2.75, 3.05) is 26.2 Å². The number of benzene rings is 2. The summed E-state index contributed by atoms with van der Waals surface area (Å²) in [6.45, 7) is 5.04. The fourth-order valence-electron chi connectivity index (χ4n) is 3.73. The molecule has 1 amide bonds. The van der Waals surface area contributed by atoms with E-state index in [1.165, 1.54) is 4.80 Å². The second kappa shape index (κ2) is 8.72. The van der Waals surface area contributed by atoms with Gasteiger partial charge in [0.15, 0.2) is 5.69 Å². The molecule has 1 fully saturated rings. The number of piperazine rings is 1. The molecule has 0 unspecified atom stereocenters. The number of hydrogen-bond donors (Lipinski definition) is 0. The maximum absolute atomic E-state index is 13.0. The minimum Gasteiger partial charge on any atom is -0.338 e. The fraction of sp³-hybridized carbons (Fsp3) is 0.261. The number of para-hydroxylation sites is 1. The molecule has 1 aliphatic rings. The standard InChI is InChI=1S/C23H23N7O2/c1-17-21(26-30(25-17)19-10-6-3-7-11-19)23(31)29-14-12-28(13-15-29)16-20-24-22(27-32-20)18-8-4-2-5-9-18/h2-11H,12-16H2,1H3. The Morgan fingerprint density at radius 1 is 0.938 bits per heavy atom. The minimum atomic E-state index is -0.0894. The molecule has 1 aliphatic heterocycles. The van der Waals surface area contributed by atoms with Crippen molar-refractivity contribution in [3.63, 3.8) is 0 Å². The van der Waals surface area contributed by atoms with E-state index in [9.17, 15) is 4.79 Å². The van der Waals surface area contributed by atoms with Crippen molar-refractivity contribution >= 4 is 5.91 Å². The molecule has 0 saturated carbocycles. The molecule has 1 saturated heterocycles. The summed E-state index contributed by atoms with van der Waals surface area (Å²) < 4.78 is 5.42. The van der Waals surface area contributed by atoms with Gasteiger partial charge in [0, 0.05) is 31.7 Å². The maximum Gasteiger partial charge on any atom is 0.276 e. The molecule has 5 rings (SSSR count). The smallest absolute Gasteiger partial charge is 0.276 e. The predicted octanol–water partition coefficient (Wildman–Crippen LogP) is 2.58. The van der Waals surface area contributed by atoms with Crippen LogP contribution in [0.2, 0.25) is 0 Å². The Morgan fingerprint density at radius 2 is 1.62 bits per heavy atom. The fourth-order valence-corrected chi connectivity index (χ4v) is 3.73. The quantitative estimate of drug-likeness (QED) is 0.481. The van der Waals surface area contributed by atoms with Gasteiger partial charge in [-0.15, -0.1) is 5.10 Å². The molecule has 0 atom stereocenters. The average Bonchev–Trinajstić information content (AvgIpc) is 3.47. The third kappa shape index (κ3) is 4.15. The van der Waals surface area contributed by atoms with Crippen molar-refractivity contribution in [3.05, 3.63) is 77.9 Å². The molecular weight excluding hydrogens is 406 g/mol. The monoisotopic (exact) mass is 429 g/mol. The van der Waals surface area contributed by atoms with E-state index in [-0.39, 0.29) is 5.91 Å². The molecule has 9 nitrogen and oxygen atoms in total. The number of hydrogen-bond acceptors (Lipinski definition) is 7. The number of rotatable bonds is 5. The van der Waals surface area contributed by atoms with Gasteiger partial charge >= 0.3 is 0 Å². The Kier molecular flexibility index (Phi) is 5.47. The van der Waals surface area contributed by atoms with Gasteiger partial charge in [-0.25, -0.2) is 0 Å². The topological polar surface area (TPSA) is 93.2 Å². The second-order valence-corrected chi connectivity index (χ2v) is 7.71. The van der Waals surface area contributed by atoms with Crippen molar-refractivity contribution in [1.82, 2.24) is 34.9 Å². The van der Waals surface area contributed by atoms with Gasteiger partial charge < -0.3 is 9.42 Å². The second-order valence-electron chi connectivity index (χ2n) is 7.71. The third-order valence-electron chi connectivity index (χ3n) is 5.49. The average molecular weight is 429 g/mol. The lowest BCUT2D eigenvalue weighted by Gasteiger charge is -2.33. The molecule has 0 N–H and O–H groups in total. The summed E-state index contributed by atoms with van der Waals surface area (Å²) >= 11 is 0. The van der Waals surface area contributed by atoms with Gasteiger partial charge in [-0.1, -0.05) is 53.7 Å². The third-order valence-corrected chi connectivity index (χ3v) is 5.49. The summed E-state index contributed by atoms with van der Waals surface area (Å²) in [4.78, 5) is 23.1. The number of amides is 1. The number of carbonyl (C=O) groups excluding carboxylic acids is 1. The first-order valence-corrected chi connectivity index (χ1v) is 10.6. The molecule has 2 aromatic heterocycles. The van der Waals surface area contributed by atoms with Crippen molar-refractivity contribution < 1.29 is 9.32 Å². The molecule has 2 aromatic carbocycles. The van der Waals surface area contributed by atoms with Crippen LogP contribution >= 0.6 is 0 Å². The zero-order valence-corrected chi connectivity index (χ0v) is 17.8. The lowest BCUT2D eigenvalue weighted by molar-refractivity contribution is 0.0608. The van der Waals surface area contributed by atoms with E-state index in [2.05, 4.69) is 25.2 Å². The molecule has 3 heterocycles. The number of carbonyl (C=O) groups is 1. The van der Waals surface area contributed by atoms with E-state index in [0.29, 0.717) is 42.7 Å². The summed E-state index contributed by atoms with van der Waals surface area (Å²) in [5.41, 5.74) is 2.78. The largest absolute Gasteiger partial charge is 0.338 e.